The van der Waals surface area contributed by atoms with Gasteiger partial charge in [0.1, 0.15) is 0 Å². The molecule has 2 fully saturated rings. The van der Waals surface area contributed by atoms with Gasteiger partial charge >= 0.3 is 0 Å². The summed E-state index contributed by atoms with van der Waals surface area (Å²) in [6.07, 6.45) is 6.57. The molecule has 0 aromatic rings. The van der Waals surface area contributed by atoms with E-state index in [9.17, 15) is 4.79 Å². The summed E-state index contributed by atoms with van der Waals surface area (Å²) in [5, 5.41) is 12.2. The minimum atomic E-state index is 0.144. The Morgan fingerprint density at radius 2 is 2.25 bits per heavy atom. The van der Waals surface area contributed by atoms with E-state index in [4.69, 9.17) is 5.26 Å². The fraction of sp³-hybridized carbons (Fsp3) is 0.867. The number of hydrogen-bond donors (Lipinski definition) is 1. The van der Waals surface area contributed by atoms with Crippen molar-refractivity contribution in [2.45, 2.75) is 50.6 Å². The number of nitrogens with one attached hydrogen (secondary N) is 1. The number of amides is 1. The van der Waals surface area contributed by atoms with Crippen LogP contribution in [0.2, 0.25) is 0 Å². The van der Waals surface area contributed by atoms with Gasteiger partial charge in [0.05, 0.1) is 19.0 Å². The number of likely N-dealkylation sites (tertiary alicyclic amines) is 1. The second kappa shape index (κ2) is 7.61. The Balaban J connectivity index is 1.88. The van der Waals surface area contributed by atoms with Crippen LogP contribution in [0.3, 0.4) is 0 Å². The smallest absolute Gasteiger partial charge is 0.236 e. The minimum Gasteiger partial charge on any atom is -0.344 e. The van der Waals surface area contributed by atoms with Crippen LogP contribution in [0, 0.1) is 11.3 Å². The molecule has 20 heavy (non-hydrogen) atoms. The summed E-state index contributed by atoms with van der Waals surface area (Å²) in [4.78, 5) is 16.3. The lowest BCUT2D eigenvalue weighted by Gasteiger charge is -2.39. The normalized spacial score (nSPS) is 27.2. The van der Waals surface area contributed by atoms with Gasteiger partial charge in [-0.25, -0.2) is 0 Å². The van der Waals surface area contributed by atoms with Gasteiger partial charge in [0, 0.05) is 25.7 Å². The highest BCUT2D eigenvalue weighted by Gasteiger charge is 2.32. The molecule has 2 heterocycles. The summed E-state index contributed by atoms with van der Waals surface area (Å²) in [6.45, 7) is 3.19. The van der Waals surface area contributed by atoms with E-state index in [2.05, 4.69) is 16.3 Å². The van der Waals surface area contributed by atoms with Gasteiger partial charge in [-0.2, -0.15) is 5.26 Å². The summed E-state index contributed by atoms with van der Waals surface area (Å²) in [5.41, 5.74) is 0. The van der Waals surface area contributed by atoms with E-state index in [-0.39, 0.29) is 5.91 Å². The molecule has 0 spiro atoms. The lowest BCUT2D eigenvalue weighted by atomic mass is 9.94. The molecule has 5 heteroatoms. The first-order valence-electron chi connectivity index (χ1n) is 7.80. The van der Waals surface area contributed by atoms with Gasteiger partial charge in [-0.15, -0.1) is 0 Å². The van der Waals surface area contributed by atoms with E-state index < -0.39 is 0 Å². The number of carbonyl (C=O) groups is 1. The van der Waals surface area contributed by atoms with Crippen molar-refractivity contribution in [1.29, 1.82) is 5.26 Å². The zero-order valence-electron chi connectivity index (χ0n) is 12.5. The van der Waals surface area contributed by atoms with Crippen molar-refractivity contribution < 1.29 is 4.79 Å². The Bertz CT molecular complexity index is 359. The molecule has 0 bridgehead atoms. The van der Waals surface area contributed by atoms with Gasteiger partial charge in [-0.05, 0) is 38.8 Å². The second-order valence-electron chi connectivity index (χ2n) is 5.96. The van der Waals surface area contributed by atoms with Crippen molar-refractivity contribution in [3.05, 3.63) is 0 Å². The predicted octanol–water partition coefficient (Wildman–Crippen LogP) is 0.965. The lowest BCUT2D eigenvalue weighted by molar-refractivity contribution is -0.132. The monoisotopic (exact) mass is 278 g/mol. The van der Waals surface area contributed by atoms with Crippen LogP contribution in [-0.4, -0.2) is 61.0 Å². The van der Waals surface area contributed by atoms with Crippen molar-refractivity contribution in [2.24, 2.45) is 0 Å². The van der Waals surface area contributed by atoms with Crippen LogP contribution >= 0.6 is 0 Å². The molecule has 0 aliphatic carbocycles. The van der Waals surface area contributed by atoms with E-state index in [1.807, 2.05) is 0 Å². The topological polar surface area (TPSA) is 59.4 Å². The SMILES string of the molecule is CN(CCC#N)C(=O)CN1CCCCC1C1CCCN1. The third-order valence-corrected chi connectivity index (χ3v) is 4.55. The van der Waals surface area contributed by atoms with Crippen molar-refractivity contribution in [1.82, 2.24) is 15.1 Å². The molecular weight excluding hydrogens is 252 g/mol. The fourth-order valence-corrected chi connectivity index (χ4v) is 3.35. The van der Waals surface area contributed by atoms with Crippen LogP contribution in [0.25, 0.3) is 0 Å². The molecule has 0 saturated carbocycles. The lowest BCUT2D eigenvalue weighted by Crippen LogP contribution is -2.53. The summed E-state index contributed by atoms with van der Waals surface area (Å²) in [6, 6.07) is 3.17. The molecule has 2 saturated heterocycles. The number of nitrogens with zero attached hydrogens (tertiary/aromatic N) is 3. The average molecular weight is 278 g/mol. The molecule has 1 amide bonds. The number of piperidine rings is 1. The predicted molar refractivity (Wildman–Crippen MR) is 78.1 cm³/mol. The maximum absolute atomic E-state index is 12.2. The highest BCUT2D eigenvalue weighted by Crippen LogP contribution is 2.24. The van der Waals surface area contributed by atoms with E-state index >= 15 is 0 Å². The molecule has 2 unspecified atom stereocenters. The molecule has 0 aromatic heterocycles. The van der Waals surface area contributed by atoms with Crippen LogP contribution in [0.5, 0.6) is 0 Å². The van der Waals surface area contributed by atoms with Crippen LogP contribution in [0.4, 0.5) is 0 Å². The van der Waals surface area contributed by atoms with E-state index in [0.717, 1.165) is 13.1 Å². The second-order valence-corrected chi connectivity index (χ2v) is 5.96. The van der Waals surface area contributed by atoms with Gasteiger partial charge in [0.25, 0.3) is 0 Å². The summed E-state index contributed by atoms with van der Waals surface area (Å²) in [5.74, 6) is 0.144. The molecule has 2 atom stereocenters. The number of carbonyl (C=O) groups excluding carboxylic acids is 1. The summed E-state index contributed by atoms with van der Waals surface area (Å²) < 4.78 is 0. The highest BCUT2D eigenvalue weighted by atomic mass is 16.2. The first kappa shape index (κ1) is 15.3. The third-order valence-electron chi connectivity index (χ3n) is 4.55. The van der Waals surface area contributed by atoms with Gasteiger partial charge < -0.3 is 10.2 Å². The molecular formula is C15H26N4O. The molecule has 112 valence electrons. The number of hydrogen-bond acceptors (Lipinski definition) is 4. The quantitative estimate of drug-likeness (QED) is 0.814. The van der Waals surface area contributed by atoms with E-state index in [1.165, 1.54) is 32.1 Å². The number of nitriles is 1. The van der Waals surface area contributed by atoms with Crippen molar-refractivity contribution in [3.63, 3.8) is 0 Å². The van der Waals surface area contributed by atoms with E-state index in [0.29, 0.717) is 31.6 Å². The molecule has 2 rings (SSSR count). The molecule has 2 aliphatic heterocycles. The van der Waals surface area contributed by atoms with Crippen molar-refractivity contribution in [2.75, 3.05) is 33.2 Å². The van der Waals surface area contributed by atoms with E-state index in [1.54, 1.807) is 11.9 Å². The average Bonchev–Trinajstić information content (AvgIpc) is 2.99. The molecule has 1 N–H and O–H groups in total. The van der Waals surface area contributed by atoms with Crippen LogP contribution in [0.1, 0.15) is 38.5 Å². The standard InChI is InChI=1S/C15H26N4O/c1-18(10-5-8-16)15(20)12-19-11-3-2-7-14(19)13-6-4-9-17-13/h13-14,17H,2-7,9-12H2,1H3. The largest absolute Gasteiger partial charge is 0.344 e. The van der Waals surface area contributed by atoms with Crippen molar-refractivity contribution >= 4 is 5.91 Å². The fourth-order valence-electron chi connectivity index (χ4n) is 3.35. The molecule has 0 radical (unpaired) electrons. The molecule has 0 aromatic carbocycles. The number of rotatable bonds is 5. The first-order valence-corrected chi connectivity index (χ1v) is 7.80. The Labute approximate surface area is 121 Å². The third kappa shape index (κ3) is 3.94. The van der Waals surface area contributed by atoms with Gasteiger partial charge in [-0.3, -0.25) is 9.69 Å². The maximum atomic E-state index is 12.2. The summed E-state index contributed by atoms with van der Waals surface area (Å²) >= 11 is 0. The van der Waals surface area contributed by atoms with Gasteiger partial charge in [0.2, 0.25) is 5.91 Å². The van der Waals surface area contributed by atoms with Gasteiger partial charge in [0.15, 0.2) is 0 Å². The Morgan fingerprint density at radius 3 is 2.95 bits per heavy atom. The Kier molecular flexibility index (Phi) is 5.81. The van der Waals surface area contributed by atoms with Crippen LogP contribution < -0.4 is 5.32 Å². The highest BCUT2D eigenvalue weighted by molar-refractivity contribution is 5.78. The zero-order valence-corrected chi connectivity index (χ0v) is 12.5. The minimum absolute atomic E-state index is 0.144. The maximum Gasteiger partial charge on any atom is 0.236 e. The first-order chi connectivity index (χ1) is 9.72. The number of likely N-dealkylation sites (N-methyl/N-ethyl adjacent to an activating group) is 1. The zero-order chi connectivity index (χ0) is 14.4. The Morgan fingerprint density at radius 1 is 1.40 bits per heavy atom. The van der Waals surface area contributed by atoms with Crippen molar-refractivity contribution in [3.8, 4) is 6.07 Å². The van der Waals surface area contributed by atoms with Gasteiger partial charge in [-0.1, -0.05) is 6.42 Å². The Hall–Kier alpha value is -1.12. The molecule has 2 aliphatic rings. The molecule has 5 nitrogen and oxygen atoms in total. The van der Waals surface area contributed by atoms with Crippen LogP contribution in [0.15, 0.2) is 0 Å². The van der Waals surface area contributed by atoms with Crippen LogP contribution in [-0.2, 0) is 4.79 Å². The summed E-state index contributed by atoms with van der Waals surface area (Å²) in [7, 11) is 1.80.